The van der Waals surface area contributed by atoms with Crippen LogP contribution in [0, 0.1) is 10.8 Å². The van der Waals surface area contributed by atoms with Gasteiger partial charge >= 0.3 is 0 Å². The zero-order valence-corrected chi connectivity index (χ0v) is 20.9. The van der Waals surface area contributed by atoms with E-state index in [-0.39, 0.29) is 16.7 Å². The Bertz CT molecular complexity index is 971. The summed E-state index contributed by atoms with van der Waals surface area (Å²) in [5.41, 5.74) is 4.41. The Morgan fingerprint density at radius 3 is 2.45 bits per heavy atom. The maximum Gasteiger partial charge on any atom is 0.272 e. The number of aromatic nitrogens is 2. The molecule has 0 bridgehead atoms. The van der Waals surface area contributed by atoms with Crippen LogP contribution in [0.2, 0.25) is 0 Å². The van der Waals surface area contributed by atoms with Crippen molar-refractivity contribution < 1.29 is 14.3 Å². The third kappa shape index (κ3) is 4.96. The van der Waals surface area contributed by atoms with E-state index in [0.29, 0.717) is 13.1 Å². The minimum atomic E-state index is 0.0400. The summed E-state index contributed by atoms with van der Waals surface area (Å²) in [6, 6.07) is 8.05. The summed E-state index contributed by atoms with van der Waals surface area (Å²) in [6.45, 7) is 12.5. The number of fused-ring (bicyclic) bond motifs is 1. The predicted molar refractivity (Wildman–Crippen MR) is 130 cm³/mol. The number of ether oxygens (including phenoxy) is 2. The summed E-state index contributed by atoms with van der Waals surface area (Å²) in [4.78, 5) is 16.1. The van der Waals surface area contributed by atoms with E-state index in [2.05, 4.69) is 44.7 Å². The molecule has 1 spiro atoms. The van der Waals surface area contributed by atoms with Gasteiger partial charge in [-0.05, 0) is 61.1 Å². The Balaban J connectivity index is 1.75. The molecular formula is C27H39N3O3. The molecule has 1 aromatic carbocycles. The van der Waals surface area contributed by atoms with Gasteiger partial charge in [-0.25, -0.2) is 0 Å². The molecule has 3 heterocycles. The number of nitrogens with zero attached hydrogens (tertiary/aromatic N) is 3. The number of amides is 1. The van der Waals surface area contributed by atoms with Gasteiger partial charge in [0.05, 0.1) is 12.8 Å². The van der Waals surface area contributed by atoms with E-state index in [4.69, 9.17) is 14.6 Å². The Morgan fingerprint density at radius 2 is 1.85 bits per heavy atom. The van der Waals surface area contributed by atoms with Crippen LogP contribution in [0.4, 0.5) is 0 Å². The van der Waals surface area contributed by atoms with Crippen molar-refractivity contribution in [2.75, 3.05) is 26.9 Å². The van der Waals surface area contributed by atoms with Gasteiger partial charge in [0.25, 0.3) is 5.91 Å². The summed E-state index contributed by atoms with van der Waals surface area (Å²) < 4.78 is 13.0. The first-order chi connectivity index (χ1) is 15.8. The van der Waals surface area contributed by atoms with E-state index in [9.17, 15) is 4.79 Å². The molecule has 1 saturated heterocycles. The Hall–Kier alpha value is -2.34. The van der Waals surface area contributed by atoms with Gasteiger partial charge in [-0.3, -0.25) is 9.48 Å². The zero-order valence-electron chi connectivity index (χ0n) is 20.9. The monoisotopic (exact) mass is 453 g/mol. The third-order valence-electron chi connectivity index (χ3n) is 7.69. The van der Waals surface area contributed by atoms with E-state index >= 15 is 0 Å². The first kappa shape index (κ1) is 23.8. The lowest BCUT2D eigenvalue weighted by Gasteiger charge is -2.39. The van der Waals surface area contributed by atoms with Crippen molar-refractivity contribution in [1.29, 1.82) is 0 Å². The number of carbonyl (C=O) groups excluding carboxylic acids is 1. The zero-order chi connectivity index (χ0) is 23.6. The molecule has 180 valence electrons. The molecule has 1 aromatic heterocycles. The molecular weight excluding hydrogens is 414 g/mol. The van der Waals surface area contributed by atoms with Gasteiger partial charge in [0.2, 0.25) is 0 Å². The van der Waals surface area contributed by atoms with Crippen LogP contribution in [-0.4, -0.2) is 47.5 Å². The molecule has 0 N–H and O–H groups in total. The minimum Gasteiger partial charge on any atom is -0.497 e. The van der Waals surface area contributed by atoms with Gasteiger partial charge in [0.15, 0.2) is 0 Å². The maximum atomic E-state index is 14.0. The van der Waals surface area contributed by atoms with Crippen LogP contribution in [0.15, 0.2) is 24.3 Å². The number of carbonyl (C=O) groups is 1. The van der Waals surface area contributed by atoms with Crippen LogP contribution in [0.1, 0.15) is 74.3 Å². The highest BCUT2D eigenvalue weighted by atomic mass is 16.5. The molecule has 2 aliphatic heterocycles. The molecule has 0 aliphatic carbocycles. The Morgan fingerprint density at radius 1 is 1.15 bits per heavy atom. The fraction of sp³-hybridized carbons (Fsp3) is 0.630. The second kappa shape index (κ2) is 9.49. The molecule has 33 heavy (non-hydrogen) atoms. The highest BCUT2D eigenvalue weighted by Crippen LogP contribution is 2.41. The van der Waals surface area contributed by atoms with Crippen LogP contribution < -0.4 is 4.74 Å². The van der Waals surface area contributed by atoms with Gasteiger partial charge in [0.1, 0.15) is 11.4 Å². The van der Waals surface area contributed by atoms with Crippen molar-refractivity contribution in [1.82, 2.24) is 14.7 Å². The number of rotatable bonds is 7. The quantitative estimate of drug-likeness (QED) is 0.599. The molecule has 0 saturated carbocycles. The number of methoxy groups -OCH3 is 1. The van der Waals surface area contributed by atoms with Crippen molar-refractivity contribution in [2.24, 2.45) is 10.8 Å². The summed E-state index contributed by atoms with van der Waals surface area (Å²) >= 11 is 0. The molecule has 0 unspecified atom stereocenters. The van der Waals surface area contributed by atoms with Crippen molar-refractivity contribution in [3.05, 3.63) is 46.8 Å². The predicted octanol–water partition coefficient (Wildman–Crippen LogP) is 4.89. The van der Waals surface area contributed by atoms with Crippen molar-refractivity contribution in [3.63, 3.8) is 0 Å². The second-order valence-corrected chi connectivity index (χ2v) is 10.6. The molecule has 6 nitrogen and oxygen atoms in total. The average Bonchev–Trinajstić information content (AvgIpc) is 3.09. The van der Waals surface area contributed by atoms with Gasteiger partial charge in [0, 0.05) is 38.4 Å². The van der Waals surface area contributed by atoms with Crippen LogP contribution in [0.3, 0.4) is 0 Å². The first-order valence-electron chi connectivity index (χ1n) is 12.4. The lowest BCUT2D eigenvalue weighted by atomic mass is 9.74. The molecule has 1 fully saturated rings. The lowest BCUT2D eigenvalue weighted by Crippen LogP contribution is -2.43. The fourth-order valence-electron chi connectivity index (χ4n) is 5.20. The molecule has 2 aliphatic rings. The van der Waals surface area contributed by atoms with Crippen LogP contribution in [-0.2, 0) is 30.7 Å². The van der Waals surface area contributed by atoms with Gasteiger partial charge in [-0.1, -0.05) is 39.3 Å². The van der Waals surface area contributed by atoms with E-state index in [1.807, 2.05) is 16.8 Å². The van der Waals surface area contributed by atoms with Gasteiger partial charge < -0.3 is 14.4 Å². The summed E-state index contributed by atoms with van der Waals surface area (Å²) in [7, 11) is 1.67. The normalized spacial score (nSPS) is 18.3. The van der Waals surface area contributed by atoms with Crippen LogP contribution in [0.25, 0.3) is 0 Å². The summed E-state index contributed by atoms with van der Waals surface area (Å²) in [6.07, 6.45) is 4.85. The number of benzene rings is 1. The Kier molecular flexibility index (Phi) is 6.85. The molecule has 6 heteroatoms. The molecule has 1 amide bonds. The van der Waals surface area contributed by atoms with E-state index in [0.717, 1.165) is 74.6 Å². The first-order valence-corrected chi connectivity index (χ1v) is 12.4. The largest absolute Gasteiger partial charge is 0.497 e. The average molecular weight is 454 g/mol. The summed E-state index contributed by atoms with van der Waals surface area (Å²) in [5, 5.41) is 5.00. The smallest absolute Gasteiger partial charge is 0.272 e. The second-order valence-electron chi connectivity index (χ2n) is 10.6. The molecule has 0 atom stereocenters. The van der Waals surface area contributed by atoms with Gasteiger partial charge in [-0.2, -0.15) is 5.10 Å². The lowest BCUT2D eigenvalue weighted by molar-refractivity contribution is -0.00210. The van der Waals surface area contributed by atoms with Gasteiger partial charge in [-0.15, -0.1) is 0 Å². The van der Waals surface area contributed by atoms with Crippen molar-refractivity contribution in [2.45, 2.75) is 72.9 Å². The number of hydrogen-bond donors (Lipinski definition) is 0. The van der Waals surface area contributed by atoms with E-state index in [1.54, 1.807) is 7.11 Å². The SMILES string of the molecule is CCn1nc(CC(C)(C)CC)c2c1C(=O)N(Cc1ccc(OC)cc1)CC1(CCOCC1)C2. The van der Waals surface area contributed by atoms with Crippen molar-refractivity contribution in [3.8, 4) is 5.75 Å². The highest BCUT2D eigenvalue weighted by molar-refractivity contribution is 5.95. The summed E-state index contributed by atoms with van der Waals surface area (Å²) in [5.74, 6) is 0.940. The number of hydrogen-bond acceptors (Lipinski definition) is 4. The van der Waals surface area contributed by atoms with Crippen LogP contribution in [0.5, 0.6) is 5.75 Å². The third-order valence-corrected chi connectivity index (χ3v) is 7.69. The molecule has 0 radical (unpaired) electrons. The van der Waals surface area contributed by atoms with E-state index in [1.165, 1.54) is 5.56 Å². The Labute approximate surface area is 198 Å². The van der Waals surface area contributed by atoms with Crippen LogP contribution >= 0.6 is 0 Å². The van der Waals surface area contributed by atoms with Crippen molar-refractivity contribution >= 4 is 5.91 Å². The molecule has 4 rings (SSSR count). The fourth-order valence-corrected chi connectivity index (χ4v) is 5.20. The minimum absolute atomic E-state index is 0.0400. The maximum absolute atomic E-state index is 14.0. The number of aryl methyl sites for hydroxylation is 1. The molecule has 2 aromatic rings. The standard InChI is InChI=1S/C27H39N3O3/c1-6-26(3,4)17-23-22-16-27(12-14-33-15-13-27)19-29(25(31)24(22)30(7-2)28-23)18-20-8-10-21(32-5)11-9-20/h8-11H,6-7,12-19H2,1-5H3. The van der Waals surface area contributed by atoms with E-state index < -0.39 is 0 Å². The topological polar surface area (TPSA) is 56.6 Å². The highest BCUT2D eigenvalue weighted by Gasteiger charge is 2.43.